The van der Waals surface area contributed by atoms with Crippen LogP contribution in [0.5, 0.6) is 0 Å². The molecule has 0 aliphatic heterocycles. The molecule has 1 radical (unpaired) electrons. The quantitative estimate of drug-likeness (QED) is 0.487. The summed E-state index contributed by atoms with van der Waals surface area (Å²) in [6.07, 6.45) is 0. The average Bonchev–Trinajstić information content (AvgIpc) is 1.88. The Morgan fingerprint density at radius 2 is 1.18 bits per heavy atom. The van der Waals surface area contributed by atoms with Crippen molar-refractivity contribution in [3.05, 3.63) is 6.92 Å². The van der Waals surface area contributed by atoms with E-state index in [0.717, 1.165) is 19.6 Å². The van der Waals surface area contributed by atoms with Gasteiger partial charge in [0.05, 0.1) is 0 Å². The third-order valence-corrected chi connectivity index (χ3v) is 1.44. The van der Waals surface area contributed by atoms with E-state index in [1.54, 1.807) is 0 Å². The first-order chi connectivity index (χ1) is 5.18. The lowest BCUT2D eigenvalue weighted by Gasteiger charge is -2.32. The van der Waals surface area contributed by atoms with Crippen molar-refractivity contribution in [1.29, 1.82) is 0 Å². The maximum absolute atomic E-state index is 4.01. The molecule has 0 aromatic carbocycles. The van der Waals surface area contributed by atoms with Crippen molar-refractivity contribution in [3.63, 3.8) is 0 Å². The van der Waals surface area contributed by atoms with Crippen LogP contribution in [0.1, 0.15) is 20.8 Å². The molecule has 0 aliphatic rings. The van der Waals surface area contributed by atoms with E-state index in [2.05, 4.69) is 43.6 Å². The van der Waals surface area contributed by atoms with Crippen LogP contribution in [0, 0.1) is 6.92 Å². The molecule has 0 unspecified atom stereocenters. The summed E-state index contributed by atoms with van der Waals surface area (Å²) in [7, 11) is 0. The molecule has 11 heavy (non-hydrogen) atoms. The van der Waals surface area contributed by atoms with Crippen LogP contribution in [0.3, 0.4) is 0 Å². The lowest BCUT2D eigenvalue weighted by atomic mass is 10.3. The van der Waals surface area contributed by atoms with Gasteiger partial charge in [-0.2, -0.15) is 0 Å². The zero-order valence-corrected chi connectivity index (χ0v) is 7.83. The van der Waals surface area contributed by atoms with Crippen LogP contribution in [-0.2, 0) is 0 Å². The standard InChI is InChI=1S/C8H20N3/c1-5-9-8(4,10-6-2)11-7-3/h9-11H,4-7H2,1-3H3. The highest BCUT2D eigenvalue weighted by atomic mass is 15.3. The second-order valence-corrected chi connectivity index (χ2v) is 2.50. The number of nitrogens with one attached hydrogen (secondary N) is 3. The maximum Gasteiger partial charge on any atom is 0.123 e. The van der Waals surface area contributed by atoms with Crippen molar-refractivity contribution in [1.82, 2.24) is 16.0 Å². The predicted octanol–water partition coefficient (Wildman–Crippen LogP) is 0.303. The van der Waals surface area contributed by atoms with Gasteiger partial charge in [-0.1, -0.05) is 20.8 Å². The van der Waals surface area contributed by atoms with Crippen LogP contribution in [0.2, 0.25) is 0 Å². The Bertz CT molecular complexity index is 76.3. The Morgan fingerprint density at radius 1 is 0.909 bits per heavy atom. The SMILES string of the molecule is [CH2]C(NCC)(NCC)NCC. The molecule has 0 atom stereocenters. The third kappa shape index (κ3) is 4.35. The smallest absolute Gasteiger partial charge is 0.123 e. The molecular formula is C8H20N3. The normalized spacial score (nSPS) is 12.0. The summed E-state index contributed by atoms with van der Waals surface area (Å²) in [5, 5.41) is 9.68. The lowest BCUT2D eigenvalue weighted by Crippen LogP contribution is -2.64. The fraction of sp³-hybridized carbons (Fsp3) is 0.875. The second-order valence-electron chi connectivity index (χ2n) is 2.50. The van der Waals surface area contributed by atoms with Crippen molar-refractivity contribution < 1.29 is 0 Å². The van der Waals surface area contributed by atoms with Gasteiger partial charge in [0, 0.05) is 0 Å². The zero-order chi connectivity index (χ0) is 8.74. The van der Waals surface area contributed by atoms with E-state index in [-0.39, 0.29) is 5.79 Å². The van der Waals surface area contributed by atoms with Gasteiger partial charge in [0.1, 0.15) is 5.79 Å². The highest BCUT2D eigenvalue weighted by Gasteiger charge is 2.18. The van der Waals surface area contributed by atoms with Crippen LogP contribution in [-0.4, -0.2) is 25.4 Å². The molecule has 0 spiro atoms. The molecule has 0 rings (SSSR count). The van der Waals surface area contributed by atoms with Gasteiger partial charge in [-0.15, -0.1) is 0 Å². The first kappa shape index (κ1) is 10.9. The fourth-order valence-corrected chi connectivity index (χ4v) is 1.09. The Labute approximate surface area is 69.9 Å². The highest BCUT2D eigenvalue weighted by Crippen LogP contribution is 1.90. The zero-order valence-electron chi connectivity index (χ0n) is 7.83. The molecule has 3 nitrogen and oxygen atoms in total. The molecule has 0 saturated carbocycles. The lowest BCUT2D eigenvalue weighted by molar-refractivity contribution is 0.271. The summed E-state index contributed by atoms with van der Waals surface area (Å²) < 4.78 is 0. The van der Waals surface area contributed by atoms with Gasteiger partial charge in [0.25, 0.3) is 0 Å². The summed E-state index contributed by atoms with van der Waals surface area (Å²) in [5.41, 5.74) is 0. The van der Waals surface area contributed by atoms with Gasteiger partial charge in [0.2, 0.25) is 0 Å². The molecule has 67 valence electrons. The largest absolute Gasteiger partial charge is 0.287 e. The summed E-state index contributed by atoms with van der Waals surface area (Å²) in [6, 6.07) is 0. The molecule has 3 heteroatoms. The number of hydrogen-bond acceptors (Lipinski definition) is 3. The Morgan fingerprint density at radius 3 is 1.36 bits per heavy atom. The van der Waals surface area contributed by atoms with Crippen molar-refractivity contribution in [2.45, 2.75) is 26.6 Å². The van der Waals surface area contributed by atoms with Crippen LogP contribution < -0.4 is 16.0 Å². The Balaban J connectivity index is 3.79. The van der Waals surface area contributed by atoms with Crippen LogP contribution in [0.4, 0.5) is 0 Å². The van der Waals surface area contributed by atoms with Crippen molar-refractivity contribution in [2.75, 3.05) is 19.6 Å². The van der Waals surface area contributed by atoms with Crippen LogP contribution in [0.25, 0.3) is 0 Å². The van der Waals surface area contributed by atoms with Gasteiger partial charge in [-0.05, 0) is 26.6 Å². The van der Waals surface area contributed by atoms with Gasteiger partial charge >= 0.3 is 0 Å². The number of hydrogen-bond donors (Lipinski definition) is 3. The fourth-order valence-electron chi connectivity index (χ4n) is 1.09. The predicted molar refractivity (Wildman–Crippen MR) is 49.1 cm³/mol. The topological polar surface area (TPSA) is 36.1 Å². The molecule has 0 bridgehead atoms. The summed E-state index contributed by atoms with van der Waals surface area (Å²) in [4.78, 5) is 0. The van der Waals surface area contributed by atoms with Gasteiger partial charge in [-0.25, -0.2) is 0 Å². The van der Waals surface area contributed by atoms with E-state index < -0.39 is 0 Å². The average molecular weight is 158 g/mol. The maximum atomic E-state index is 4.01. The minimum Gasteiger partial charge on any atom is -0.287 e. The minimum absolute atomic E-state index is 0.349. The summed E-state index contributed by atoms with van der Waals surface area (Å²) in [5.74, 6) is -0.349. The highest BCUT2D eigenvalue weighted by molar-refractivity contribution is 4.83. The molecule has 3 N–H and O–H groups in total. The van der Waals surface area contributed by atoms with E-state index in [0.29, 0.717) is 0 Å². The molecule has 0 aromatic heterocycles. The first-order valence-corrected chi connectivity index (χ1v) is 4.29. The molecule has 0 amide bonds. The van der Waals surface area contributed by atoms with E-state index in [4.69, 9.17) is 0 Å². The monoisotopic (exact) mass is 158 g/mol. The Kier molecular flexibility index (Phi) is 5.46. The molecule has 0 heterocycles. The van der Waals surface area contributed by atoms with E-state index in [1.807, 2.05) is 0 Å². The molecule has 0 saturated heterocycles. The van der Waals surface area contributed by atoms with Gasteiger partial charge in [0.15, 0.2) is 0 Å². The van der Waals surface area contributed by atoms with E-state index in [9.17, 15) is 0 Å². The molecule has 0 aromatic rings. The first-order valence-electron chi connectivity index (χ1n) is 4.29. The van der Waals surface area contributed by atoms with E-state index in [1.165, 1.54) is 0 Å². The van der Waals surface area contributed by atoms with Crippen molar-refractivity contribution >= 4 is 0 Å². The molecular weight excluding hydrogens is 138 g/mol. The van der Waals surface area contributed by atoms with Crippen molar-refractivity contribution in [2.24, 2.45) is 0 Å². The third-order valence-electron chi connectivity index (χ3n) is 1.44. The van der Waals surface area contributed by atoms with E-state index >= 15 is 0 Å². The van der Waals surface area contributed by atoms with Crippen LogP contribution in [0.15, 0.2) is 0 Å². The minimum atomic E-state index is -0.349. The Hall–Kier alpha value is -0.120. The van der Waals surface area contributed by atoms with Gasteiger partial charge < -0.3 is 0 Å². The number of rotatable bonds is 6. The van der Waals surface area contributed by atoms with Gasteiger partial charge in [-0.3, -0.25) is 16.0 Å². The molecule has 0 aliphatic carbocycles. The second kappa shape index (κ2) is 5.52. The summed E-state index contributed by atoms with van der Waals surface area (Å²) in [6.45, 7) is 12.9. The molecule has 0 fully saturated rings. The summed E-state index contributed by atoms with van der Waals surface area (Å²) >= 11 is 0. The van der Waals surface area contributed by atoms with Crippen LogP contribution >= 0.6 is 0 Å². The van der Waals surface area contributed by atoms with Crippen molar-refractivity contribution in [3.8, 4) is 0 Å².